The fraction of sp³-hybridized carbons (Fsp3) is 0.289. The minimum absolute atomic E-state index is 0.0207. The normalized spacial score (nSPS) is 11.4. The van der Waals surface area contributed by atoms with Crippen molar-refractivity contribution in [2.75, 3.05) is 7.11 Å². The number of rotatable bonds is 11. The van der Waals surface area contributed by atoms with Crippen LogP contribution in [0.2, 0.25) is 0 Å². The number of phenols is 1. The monoisotopic (exact) mass is 622 g/mol. The standard InChI is InChI=1S/C38H38O8/c1-22(2)16-18-26-28(45-37(41)24-12-8-6-9-13-24)20-30-33(34(26)39)35(40)32-27(19-17-23(3)4)36(43-5)31(21-29(32)44-30)46-38(42)25-14-10-7-11-15-25/h6-15,20-23,39H,16-19H2,1-5H3. The molecule has 0 fully saturated rings. The molecule has 46 heavy (non-hydrogen) atoms. The predicted molar refractivity (Wildman–Crippen MR) is 177 cm³/mol. The molecular formula is C38H38O8. The van der Waals surface area contributed by atoms with E-state index in [9.17, 15) is 19.5 Å². The molecule has 8 heteroatoms. The summed E-state index contributed by atoms with van der Waals surface area (Å²) < 4.78 is 23.7. The van der Waals surface area contributed by atoms with Crippen LogP contribution in [-0.2, 0) is 12.8 Å². The van der Waals surface area contributed by atoms with E-state index in [-0.39, 0.29) is 50.9 Å². The van der Waals surface area contributed by atoms with Crippen LogP contribution in [0.3, 0.4) is 0 Å². The van der Waals surface area contributed by atoms with Crippen molar-refractivity contribution in [2.24, 2.45) is 11.8 Å². The van der Waals surface area contributed by atoms with Gasteiger partial charge in [-0.2, -0.15) is 0 Å². The number of hydrogen-bond donors (Lipinski definition) is 1. The highest BCUT2D eigenvalue weighted by molar-refractivity contribution is 5.99. The summed E-state index contributed by atoms with van der Waals surface area (Å²) in [5, 5.41) is 11.9. The summed E-state index contributed by atoms with van der Waals surface area (Å²) >= 11 is 0. The number of phenolic OH excluding ortho intramolecular Hbond substituents is 1. The third-order valence-electron chi connectivity index (χ3n) is 7.88. The molecule has 238 valence electrons. The molecular weight excluding hydrogens is 584 g/mol. The maximum Gasteiger partial charge on any atom is 0.343 e. The van der Waals surface area contributed by atoms with Gasteiger partial charge in [0.15, 0.2) is 11.5 Å². The summed E-state index contributed by atoms with van der Waals surface area (Å²) in [5.41, 5.74) is 1.25. The van der Waals surface area contributed by atoms with Gasteiger partial charge in [-0.25, -0.2) is 9.59 Å². The lowest BCUT2D eigenvalue weighted by molar-refractivity contribution is 0.0722. The number of methoxy groups -OCH3 is 1. The van der Waals surface area contributed by atoms with E-state index in [1.807, 2.05) is 13.8 Å². The van der Waals surface area contributed by atoms with Gasteiger partial charge in [-0.05, 0) is 61.8 Å². The SMILES string of the molecule is COc1c(OC(=O)c2ccccc2)cc2oc3cc(OC(=O)c4ccccc4)c(CCC(C)C)c(O)c3c(=O)c2c1CCC(C)C. The first kappa shape index (κ1) is 32.3. The van der Waals surface area contributed by atoms with E-state index in [1.165, 1.54) is 19.2 Å². The van der Waals surface area contributed by atoms with E-state index in [4.69, 9.17) is 18.6 Å². The minimum atomic E-state index is -0.607. The number of aromatic hydroxyl groups is 1. The van der Waals surface area contributed by atoms with Crippen LogP contribution in [0, 0.1) is 11.8 Å². The van der Waals surface area contributed by atoms with Crippen molar-refractivity contribution in [3.63, 3.8) is 0 Å². The molecule has 0 atom stereocenters. The van der Waals surface area contributed by atoms with Crippen molar-refractivity contribution in [2.45, 2.75) is 53.4 Å². The lowest BCUT2D eigenvalue weighted by atomic mass is 9.95. The van der Waals surface area contributed by atoms with Crippen LogP contribution in [0.25, 0.3) is 21.9 Å². The Morgan fingerprint density at radius 2 is 1.20 bits per heavy atom. The number of hydrogen-bond acceptors (Lipinski definition) is 8. The summed E-state index contributed by atoms with van der Waals surface area (Å²) in [6.07, 6.45) is 2.18. The van der Waals surface area contributed by atoms with Crippen molar-refractivity contribution in [3.05, 3.63) is 105 Å². The molecule has 0 spiro atoms. The molecule has 0 saturated carbocycles. The maximum atomic E-state index is 14.4. The highest BCUT2D eigenvalue weighted by atomic mass is 16.6. The first-order valence-corrected chi connectivity index (χ1v) is 15.5. The largest absolute Gasteiger partial charge is 0.507 e. The lowest BCUT2D eigenvalue weighted by Gasteiger charge is -2.18. The number of ether oxygens (including phenoxy) is 3. The second-order valence-corrected chi connectivity index (χ2v) is 12.1. The molecule has 5 aromatic rings. The van der Waals surface area contributed by atoms with Gasteiger partial charge in [0.2, 0.25) is 5.43 Å². The minimum Gasteiger partial charge on any atom is -0.507 e. The van der Waals surface area contributed by atoms with Crippen molar-refractivity contribution < 1.29 is 33.3 Å². The van der Waals surface area contributed by atoms with Gasteiger partial charge in [-0.15, -0.1) is 0 Å². The third-order valence-corrected chi connectivity index (χ3v) is 7.88. The number of benzene rings is 4. The second kappa shape index (κ2) is 13.9. The topological polar surface area (TPSA) is 112 Å². The molecule has 5 rings (SSSR count). The molecule has 0 radical (unpaired) electrons. The van der Waals surface area contributed by atoms with Crippen LogP contribution in [0.1, 0.15) is 72.4 Å². The summed E-state index contributed by atoms with van der Waals surface area (Å²) in [6.45, 7) is 8.23. The van der Waals surface area contributed by atoms with Crippen molar-refractivity contribution in [1.29, 1.82) is 0 Å². The highest BCUT2D eigenvalue weighted by Crippen LogP contribution is 2.42. The molecule has 1 heterocycles. The summed E-state index contributed by atoms with van der Waals surface area (Å²) in [6, 6.07) is 20.0. The van der Waals surface area contributed by atoms with E-state index >= 15 is 0 Å². The number of fused-ring (bicyclic) bond motifs is 2. The predicted octanol–water partition coefficient (Wildman–Crippen LogP) is 8.28. The number of esters is 2. The van der Waals surface area contributed by atoms with Gasteiger partial charge in [0.25, 0.3) is 0 Å². The van der Waals surface area contributed by atoms with Crippen molar-refractivity contribution in [1.82, 2.24) is 0 Å². The summed E-state index contributed by atoms with van der Waals surface area (Å²) in [4.78, 5) is 40.5. The Hall–Kier alpha value is -5.11. The number of aryl methyl sites for hydroxylation is 1. The van der Waals surface area contributed by atoms with E-state index in [0.29, 0.717) is 53.9 Å². The van der Waals surface area contributed by atoms with Crippen LogP contribution >= 0.6 is 0 Å². The van der Waals surface area contributed by atoms with E-state index in [0.717, 1.165) is 0 Å². The molecule has 8 nitrogen and oxygen atoms in total. The third kappa shape index (κ3) is 6.76. The van der Waals surface area contributed by atoms with Crippen molar-refractivity contribution >= 4 is 33.9 Å². The van der Waals surface area contributed by atoms with Crippen LogP contribution < -0.4 is 19.6 Å². The zero-order valence-electron chi connectivity index (χ0n) is 26.7. The molecule has 4 aromatic carbocycles. The Balaban J connectivity index is 1.74. The zero-order valence-corrected chi connectivity index (χ0v) is 26.7. The van der Waals surface area contributed by atoms with Crippen LogP contribution in [-0.4, -0.2) is 24.2 Å². The Kier molecular flexibility index (Phi) is 9.75. The molecule has 0 aliphatic rings. The molecule has 0 aliphatic heterocycles. The van der Waals surface area contributed by atoms with Crippen LogP contribution in [0.5, 0.6) is 23.0 Å². The first-order valence-electron chi connectivity index (χ1n) is 15.5. The van der Waals surface area contributed by atoms with E-state index in [1.54, 1.807) is 60.7 Å². The molecule has 1 N–H and O–H groups in total. The van der Waals surface area contributed by atoms with Gasteiger partial charge in [0, 0.05) is 23.3 Å². The first-order chi connectivity index (χ1) is 22.1. The number of carbonyl (C=O) groups is 2. The van der Waals surface area contributed by atoms with Gasteiger partial charge in [-0.1, -0.05) is 64.1 Å². The molecule has 1 aromatic heterocycles. The Labute approximate surface area is 267 Å². The van der Waals surface area contributed by atoms with E-state index < -0.39 is 17.4 Å². The highest BCUT2D eigenvalue weighted by Gasteiger charge is 2.27. The van der Waals surface area contributed by atoms with Gasteiger partial charge in [0.1, 0.15) is 28.1 Å². The maximum absolute atomic E-state index is 14.4. The number of carbonyl (C=O) groups excluding carboxylic acids is 2. The molecule has 0 amide bonds. The van der Waals surface area contributed by atoms with Gasteiger partial charge >= 0.3 is 11.9 Å². The fourth-order valence-corrected chi connectivity index (χ4v) is 5.41. The lowest BCUT2D eigenvalue weighted by Crippen LogP contribution is -2.14. The molecule has 0 unspecified atom stereocenters. The second-order valence-electron chi connectivity index (χ2n) is 12.1. The Morgan fingerprint density at radius 3 is 1.72 bits per heavy atom. The smallest absolute Gasteiger partial charge is 0.343 e. The van der Waals surface area contributed by atoms with Crippen LogP contribution in [0.4, 0.5) is 0 Å². The average molecular weight is 623 g/mol. The Bertz CT molecular complexity index is 1940. The molecule has 0 aliphatic carbocycles. The average Bonchev–Trinajstić information content (AvgIpc) is 3.03. The summed E-state index contributed by atoms with van der Waals surface area (Å²) in [5.74, 6) is -0.479. The van der Waals surface area contributed by atoms with Crippen LogP contribution in [0.15, 0.2) is 82.0 Å². The summed E-state index contributed by atoms with van der Waals surface area (Å²) in [7, 11) is 1.46. The Morgan fingerprint density at radius 1 is 0.717 bits per heavy atom. The fourth-order valence-electron chi connectivity index (χ4n) is 5.41. The molecule has 0 saturated heterocycles. The molecule has 0 bridgehead atoms. The van der Waals surface area contributed by atoms with Gasteiger partial charge in [0.05, 0.1) is 23.6 Å². The van der Waals surface area contributed by atoms with Gasteiger partial charge < -0.3 is 23.7 Å². The zero-order chi connectivity index (χ0) is 33.0. The quantitative estimate of drug-likeness (QED) is 0.0890. The van der Waals surface area contributed by atoms with Crippen molar-refractivity contribution in [3.8, 4) is 23.0 Å². The van der Waals surface area contributed by atoms with E-state index in [2.05, 4.69) is 13.8 Å². The van der Waals surface area contributed by atoms with Gasteiger partial charge in [-0.3, -0.25) is 4.79 Å².